The lowest BCUT2D eigenvalue weighted by molar-refractivity contribution is 0.0524. The minimum atomic E-state index is -0.531. The third kappa shape index (κ3) is 6.46. The summed E-state index contributed by atoms with van der Waals surface area (Å²) in [7, 11) is 0. The number of benzene rings is 1. The van der Waals surface area contributed by atoms with Crippen LogP contribution in [0.15, 0.2) is 23.1 Å². The normalized spacial score (nSPS) is 13.1. The number of hydrogen-bond donors (Lipinski definition) is 2. The molecule has 1 aromatic rings. The Bertz CT molecular complexity index is 515. The van der Waals surface area contributed by atoms with Crippen LogP contribution in [0, 0.1) is 0 Å². The number of hydrogen-bond acceptors (Lipinski definition) is 4. The average Bonchev–Trinajstić information content (AvgIpc) is 2.33. The number of halogens is 1. The first-order valence-electron chi connectivity index (χ1n) is 7.27. The molecule has 124 valence electrons. The third-order valence-corrected chi connectivity index (χ3v) is 4.02. The summed E-state index contributed by atoms with van der Waals surface area (Å²) in [6.07, 6.45) is -0.479. The van der Waals surface area contributed by atoms with Gasteiger partial charge in [-0.2, -0.15) is 0 Å². The fourth-order valence-electron chi connectivity index (χ4n) is 1.84. The Morgan fingerprint density at radius 3 is 2.59 bits per heavy atom. The molecule has 3 N–H and O–H groups in total. The van der Waals surface area contributed by atoms with Gasteiger partial charge >= 0.3 is 6.09 Å². The van der Waals surface area contributed by atoms with Crippen LogP contribution in [0.4, 0.5) is 4.79 Å². The molecule has 22 heavy (non-hydrogen) atoms. The van der Waals surface area contributed by atoms with Gasteiger partial charge < -0.3 is 15.8 Å². The second kappa shape index (κ2) is 8.09. The predicted octanol–water partition coefficient (Wildman–Crippen LogP) is 4.37. The summed E-state index contributed by atoms with van der Waals surface area (Å²) in [6, 6.07) is 5.33. The molecule has 0 saturated carbocycles. The maximum Gasteiger partial charge on any atom is 0.407 e. The highest BCUT2D eigenvalue weighted by Gasteiger charge is 2.19. The van der Waals surface area contributed by atoms with Crippen molar-refractivity contribution in [2.75, 3.05) is 6.54 Å². The van der Waals surface area contributed by atoms with Gasteiger partial charge in [-0.3, -0.25) is 0 Å². The van der Waals surface area contributed by atoms with Gasteiger partial charge in [0.05, 0.1) is 0 Å². The molecular weight excluding hydrogens is 320 g/mol. The van der Waals surface area contributed by atoms with Gasteiger partial charge in [-0.1, -0.05) is 31.5 Å². The number of amides is 1. The van der Waals surface area contributed by atoms with E-state index in [1.54, 1.807) is 11.8 Å². The summed E-state index contributed by atoms with van der Waals surface area (Å²) in [5.41, 5.74) is 6.55. The fourth-order valence-corrected chi connectivity index (χ4v) is 3.27. The SMILES string of the molecule is CC(C)Sc1cccc(Cl)c1C(N)CNC(=O)OC(C)(C)C. The molecule has 6 heteroatoms. The second-order valence-electron chi connectivity index (χ2n) is 6.31. The average molecular weight is 345 g/mol. The van der Waals surface area contributed by atoms with E-state index in [4.69, 9.17) is 22.1 Å². The summed E-state index contributed by atoms with van der Waals surface area (Å²) in [5, 5.41) is 3.73. The number of nitrogens with two attached hydrogens (primary N) is 1. The van der Waals surface area contributed by atoms with Crippen molar-refractivity contribution < 1.29 is 9.53 Å². The maximum atomic E-state index is 11.7. The first kappa shape index (κ1) is 19.1. The highest BCUT2D eigenvalue weighted by atomic mass is 35.5. The van der Waals surface area contributed by atoms with E-state index >= 15 is 0 Å². The van der Waals surface area contributed by atoms with Crippen LogP contribution in [-0.2, 0) is 4.74 Å². The monoisotopic (exact) mass is 344 g/mol. The molecule has 0 aromatic heterocycles. The predicted molar refractivity (Wildman–Crippen MR) is 93.6 cm³/mol. The minimum absolute atomic E-state index is 0.268. The van der Waals surface area contributed by atoms with Crippen LogP contribution < -0.4 is 11.1 Å². The van der Waals surface area contributed by atoms with Gasteiger partial charge in [0.15, 0.2) is 0 Å². The van der Waals surface area contributed by atoms with Gasteiger partial charge in [-0.25, -0.2) is 4.79 Å². The van der Waals surface area contributed by atoms with Gasteiger partial charge in [0, 0.05) is 33.3 Å². The molecule has 0 spiro atoms. The summed E-state index contributed by atoms with van der Waals surface area (Å²) in [6.45, 7) is 9.94. The van der Waals surface area contributed by atoms with E-state index in [2.05, 4.69) is 19.2 Å². The van der Waals surface area contributed by atoms with Crippen molar-refractivity contribution in [1.29, 1.82) is 0 Å². The van der Waals surface area contributed by atoms with Crippen molar-refractivity contribution in [1.82, 2.24) is 5.32 Å². The second-order valence-corrected chi connectivity index (χ2v) is 8.33. The molecule has 0 saturated heterocycles. The van der Waals surface area contributed by atoms with Crippen molar-refractivity contribution >= 4 is 29.5 Å². The Morgan fingerprint density at radius 2 is 2.05 bits per heavy atom. The Kier molecular flexibility index (Phi) is 7.03. The van der Waals surface area contributed by atoms with Crippen molar-refractivity contribution in [2.24, 2.45) is 5.73 Å². The first-order valence-corrected chi connectivity index (χ1v) is 8.53. The minimum Gasteiger partial charge on any atom is -0.444 e. The van der Waals surface area contributed by atoms with Crippen LogP contribution in [0.5, 0.6) is 0 Å². The largest absolute Gasteiger partial charge is 0.444 e. The molecule has 1 amide bonds. The molecule has 0 aliphatic carbocycles. The maximum absolute atomic E-state index is 11.7. The molecule has 0 fully saturated rings. The molecule has 0 bridgehead atoms. The Hall–Kier alpha value is -0.910. The summed E-state index contributed by atoms with van der Waals surface area (Å²) >= 11 is 8.00. The number of carbonyl (C=O) groups is 1. The smallest absolute Gasteiger partial charge is 0.407 e. The van der Waals surface area contributed by atoms with Crippen LogP contribution in [0.1, 0.15) is 46.2 Å². The molecule has 1 atom stereocenters. The molecule has 1 aromatic carbocycles. The molecular formula is C16H25ClN2O2S. The van der Waals surface area contributed by atoms with E-state index in [1.165, 1.54) is 0 Å². The van der Waals surface area contributed by atoms with Gasteiger partial charge in [0.25, 0.3) is 0 Å². The Labute approximate surface area is 142 Å². The van der Waals surface area contributed by atoms with Crippen LogP contribution in [0.25, 0.3) is 0 Å². The summed E-state index contributed by atoms with van der Waals surface area (Å²) in [5.74, 6) is 0. The van der Waals surface area contributed by atoms with Gasteiger partial charge in [-0.15, -0.1) is 11.8 Å². The number of thioether (sulfide) groups is 1. The van der Waals surface area contributed by atoms with E-state index in [1.807, 2.05) is 39.0 Å². The topological polar surface area (TPSA) is 64.3 Å². The van der Waals surface area contributed by atoms with E-state index in [-0.39, 0.29) is 12.6 Å². The van der Waals surface area contributed by atoms with Crippen molar-refractivity contribution in [3.8, 4) is 0 Å². The Balaban J connectivity index is 2.77. The zero-order valence-electron chi connectivity index (χ0n) is 13.8. The molecule has 4 nitrogen and oxygen atoms in total. The highest BCUT2D eigenvalue weighted by Crippen LogP contribution is 2.34. The highest BCUT2D eigenvalue weighted by molar-refractivity contribution is 8.00. The number of rotatable bonds is 5. The van der Waals surface area contributed by atoms with Crippen LogP contribution in [0.2, 0.25) is 5.02 Å². The molecule has 0 heterocycles. The number of carbonyl (C=O) groups excluding carboxylic acids is 1. The van der Waals surface area contributed by atoms with Gasteiger partial charge in [-0.05, 0) is 32.9 Å². The Morgan fingerprint density at radius 1 is 1.41 bits per heavy atom. The van der Waals surface area contributed by atoms with Crippen LogP contribution in [-0.4, -0.2) is 23.5 Å². The molecule has 0 aliphatic rings. The van der Waals surface area contributed by atoms with E-state index in [0.29, 0.717) is 10.3 Å². The van der Waals surface area contributed by atoms with E-state index < -0.39 is 11.7 Å². The number of ether oxygens (including phenoxy) is 1. The lowest BCUT2D eigenvalue weighted by Crippen LogP contribution is -2.36. The molecule has 1 rings (SSSR count). The zero-order valence-corrected chi connectivity index (χ0v) is 15.3. The van der Waals surface area contributed by atoms with Crippen LogP contribution in [0.3, 0.4) is 0 Å². The van der Waals surface area contributed by atoms with Crippen molar-refractivity contribution in [3.05, 3.63) is 28.8 Å². The van der Waals surface area contributed by atoms with Crippen molar-refractivity contribution in [3.63, 3.8) is 0 Å². The summed E-state index contributed by atoms with van der Waals surface area (Å²) < 4.78 is 5.21. The fraction of sp³-hybridized carbons (Fsp3) is 0.562. The number of alkyl carbamates (subject to hydrolysis) is 1. The van der Waals surface area contributed by atoms with E-state index in [0.717, 1.165) is 10.5 Å². The van der Waals surface area contributed by atoms with E-state index in [9.17, 15) is 4.79 Å². The lowest BCUT2D eigenvalue weighted by atomic mass is 10.1. The molecule has 1 unspecified atom stereocenters. The quantitative estimate of drug-likeness (QED) is 0.779. The molecule has 0 radical (unpaired) electrons. The molecule has 0 aliphatic heterocycles. The number of nitrogens with one attached hydrogen (secondary N) is 1. The lowest BCUT2D eigenvalue weighted by Gasteiger charge is -2.22. The van der Waals surface area contributed by atoms with Crippen LogP contribution >= 0.6 is 23.4 Å². The first-order chi connectivity index (χ1) is 10.1. The third-order valence-electron chi connectivity index (χ3n) is 2.61. The standard InChI is InChI=1S/C16H25ClN2O2S/c1-10(2)22-13-8-6-7-11(17)14(13)12(18)9-19-15(20)21-16(3,4)5/h6-8,10,12H,9,18H2,1-5H3,(H,19,20). The summed E-state index contributed by atoms with van der Waals surface area (Å²) in [4.78, 5) is 12.8. The zero-order chi connectivity index (χ0) is 16.9. The van der Waals surface area contributed by atoms with Gasteiger partial charge in [0.2, 0.25) is 0 Å². The van der Waals surface area contributed by atoms with Crippen molar-refractivity contribution in [2.45, 2.75) is 56.4 Å². The van der Waals surface area contributed by atoms with Gasteiger partial charge in [0.1, 0.15) is 5.60 Å².